The molecule has 1 aliphatic rings. The number of likely N-dealkylation sites (tertiary alicyclic amines) is 1. The van der Waals surface area contributed by atoms with Gasteiger partial charge in [0.15, 0.2) is 0 Å². The number of nitrogens with zero attached hydrogens (tertiary/aromatic N) is 1. The summed E-state index contributed by atoms with van der Waals surface area (Å²) in [6.45, 7) is 0. The summed E-state index contributed by atoms with van der Waals surface area (Å²) < 4.78 is 0. The number of hydrogen-bond donors (Lipinski definition) is 0. The Hall–Kier alpha value is -1.61. The minimum absolute atomic E-state index is 0.144. The first kappa shape index (κ1) is 10.9. The fourth-order valence-electron chi connectivity index (χ4n) is 1.77. The molecule has 4 heteroatoms. The van der Waals surface area contributed by atoms with Crippen LogP contribution in [0.3, 0.4) is 0 Å². The number of rotatable bonds is 2. The first-order chi connectivity index (χ1) is 7.74. The summed E-state index contributed by atoms with van der Waals surface area (Å²) in [6.07, 6.45) is 1.57. The van der Waals surface area contributed by atoms with Crippen molar-refractivity contribution in [1.29, 1.82) is 0 Å². The molecule has 82 valence electrons. The van der Waals surface area contributed by atoms with Crippen molar-refractivity contribution in [2.24, 2.45) is 0 Å². The van der Waals surface area contributed by atoms with Gasteiger partial charge in [0.05, 0.1) is 12.5 Å². The van der Waals surface area contributed by atoms with Gasteiger partial charge >= 0.3 is 0 Å². The summed E-state index contributed by atoms with van der Waals surface area (Å²) in [5, 5.41) is 0. The standard InChI is InChI=1S/C12H10ClNO2/c13-7-6-11(15)14-10(8-12(14)16)9-4-2-1-3-5-9/h1-7,10H,8H2/b7-6+/t10-/m0/s1. The number of carbonyl (C=O) groups is 2. The molecule has 1 aromatic carbocycles. The second kappa shape index (κ2) is 4.49. The molecule has 1 fully saturated rings. The fraction of sp³-hybridized carbons (Fsp3) is 0.167. The van der Waals surface area contributed by atoms with Crippen molar-refractivity contribution in [3.05, 3.63) is 47.5 Å². The molecule has 1 heterocycles. The molecule has 0 N–H and O–H groups in total. The molecule has 1 aromatic rings. The smallest absolute Gasteiger partial charge is 0.254 e. The van der Waals surface area contributed by atoms with E-state index in [0.717, 1.165) is 11.1 Å². The highest BCUT2D eigenvalue weighted by Crippen LogP contribution is 2.34. The maximum Gasteiger partial charge on any atom is 0.254 e. The van der Waals surface area contributed by atoms with E-state index in [2.05, 4.69) is 0 Å². The lowest BCUT2D eigenvalue weighted by molar-refractivity contribution is -0.155. The maximum atomic E-state index is 11.6. The summed E-state index contributed by atoms with van der Waals surface area (Å²) in [5.74, 6) is -0.520. The number of hydrogen-bond acceptors (Lipinski definition) is 2. The Kier molecular flexibility index (Phi) is 3.06. The molecular weight excluding hydrogens is 226 g/mol. The van der Waals surface area contributed by atoms with E-state index in [-0.39, 0.29) is 17.9 Å². The molecule has 0 aromatic heterocycles. The Balaban J connectivity index is 2.19. The van der Waals surface area contributed by atoms with Crippen LogP contribution in [0.5, 0.6) is 0 Å². The monoisotopic (exact) mass is 235 g/mol. The molecule has 16 heavy (non-hydrogen) atoms. The molecule has 1 saturated heterocycles. The van der Waals surface area contributed by atoms with Gasteiger partial charge in [0.1, 0.15) is 0 Å². The fourth-order valence-corrected chi connectivity index (χ4v) is 1.88. The van der Waals surface area contributed by atoms with Crippen molar-refractivity contribution in [3.63, 3.8) is 0 Å². The summed E-state index contributed by atoms with van der Waals surface area (Å²) >= 11 is 5.32. The molecule has 0 spiro atoms. The second-order valence-corrected chi connectivity index (χ2v) is 3.78. The van der Waals surface area contributed by atoms with E-state index in [1.54, 1.807) is 0 Å². The van der Waals surface area contributed by atoms with Crippen molar-refractivity contribution >= 4 is 23.4 Å². The lowest BCUT2D eigenvalue weighted by atomic mass is 9.94. The molecule has 2 rings (SSSR count). The summed E-state index contributed by atoms with van der Waals surface area (Å²) in [4.78, 5) is 24.1. The van der Waals surface area contributed by atoms with Crippen LogP contribution in [0.2, 0.25) is 0 Å². The Morgan fingerprint density at radius 3 is 2.62 bits per heavy atom. The average Bonchev–Trinajstić information content (AvgIpc) is 2.27. The third-order valence-electron chi connectivity index (χ3n) is 2.58. The van der Waals surface area contributed by atoms with Gasteiger partial charge in [0.2, 0.25) is 5.91 Å². The molecule has 0 unspecified atom stereocenters. The van der Waals surface area contributed by atoms with Gasteiger partial charge in [-0.3, -0.25) is 14.5 Å². The first-order valence-electron chi connectivity index (χ1n) is 4.92. The predicted octanol–water partition coefficient (Wildman–Crippen LogP) is 2.24. The van der Waals surface area contributed by atoms with Crippen LogP contribution in [0.1, 0.15) is 18.0 Å². The largest absolute Gasteiger partial charge is 0.274 e. The Morgan fingerprint density at radius 2 is 2.06 bits per heavy atom. The third-order valence-corrected chi connectivity index (χ3v) is 2.70. The van der Waals surface area contributed by atoms with Crippen molar-refractivity contribution < 1.29 is 9.59 Å². The number of amides is 2. The minimum atomic E-state index is -0.361. The zero-order valence-electron chi connectivity index (χ0n) is 8.47. The number of carbonyl (C=O) groups excluding carboxylic acids is 2. The molecule has 0 aliphatic carbocycles. The SMILES string of the molecule is O=C(/C=C/Cl)N1C(=O)C[C@H]1c1ccccc1. The van der Waals surface area contributed by atoms with Crippen LogP contribution in [0, 0.1) is 0 Å². The minimum Gasteiger partial charge on any atom is -0.274 e. The highest BCUT2D eigenvalue weighted by molar-refractivity contribution is 6.27. The van der Waals surface area contributed by atoms with E-state index in [0.29, 0.717) is 6.42 Å². The van der Waals surface area contributed by atoms with Crippen molar-refractivity contribution in [2.75, 3.05) is 0 Å². The van der Waals surface area contributed by atoms with Crippen LogP contribution < -0.4 is 0 Å². The van der Waals surface area contributed by atoms with E-state index in [9.17, 15) is 9.59 Å². The zero-order valence-corrected chi connectivity index (χ0v) is 9.22. The van der Waals surface area contributed by atoms with E-state index >= 15 is 0 Å². The van der Waals surface area contributed by atoms with Gasteiger partial charge in [-0.05, 0) is 5.56 Å². The zero-order chi connectivity index (χ0) is 11.5. The molecule has 1 aliphatic heterocycles. The Bertz CT molecular complexity index is 442. The van der Waals surface area contributed by atoms with Crippen molar-refractivity contribution in [3.8, 4) is 0 Å². The third kappa shape index (κ3) is 1.86. The van der Waals surface area contributed by atoms with E-state index in [1.165, 1.54) is 11.0 Å². The van der Waals surface area contributed by atoms with Gasteiger partial charge in [0.25, 0.3) is 5.91 Å². The van der Waals surface area contributed by atoms with Gasteiger partial charge in [-0.2, -0.15) is 0 Å². The number of halogens is 1. The normalized spacial score (nSPS) is 19.9. The van der Waals surface area contributed by atoms with E-state index in [1.807, 2.05) is 30.3 Å². The molecule has 1 atom stereocenters. The molecule has 0 radical (unpaired) electrons. The highest BCUT2D eigenvalue weighted by Gasteiger charge is 2.40. The van der Waals surface area contributed by atoms with Gasteiger partial charge in [-0.1, -0.05) is 41.9 Å². The molecular formula is C12H10ClNO2. The predicted molar refractivity (Wildman–Crippen MR) is 60.6 cm³/mol. The molecule has 2 amide bonds. The van der Waals surface area contributed by atoms with Crippen LogP contribution in [-0.2, 0) is 9.59 Å². The molecule has 0 bridgehead atoms. The number of β-lactam (4-membered cyclic amide) rings is 1. The van der Waals surface area contributed by atoms with Gasteiger partial charge in [0, 0.05) is 11.6 Å². The Morgan fingerprint density at radius 1 is 1.38 bits per heavy atom. The van der Waals surface area contributed by atoms with Gasteiger partial charge < -0.3 is 0 Å². The van der Waals surface area contributed by atoms with Gasteiger partial charge in [-0.15, -0.1) is 0 Å². The second-order valence-electron chi connectivity index (χ2n) is 3.53. The Labute approximate surface area is 98.3 Å². The summed E-state index contributed by atoms with van der Waals surface area (Å²) in [5.41, 5.74) is 2.09. The van der Waals surface area contributed by atoms with Crippen LogP contribution in [0.25, 0.3) is 0 Å². The lowest BCUT2D eigenvalue weighted by Crippen LogP contribution is -2.49. The molecule has 3 nitrogen and oxygen atoms in total. The topological polar surface area (TPSA) is 37.4 Å². The van der Waals surface area contributed by atoms with Crippen LogP contribution >= 0.6 is 11.6 Å². The van der Waals surface area contributed by atoms with Crippen LogP contribution in [0.4, 0.5) is 0 Å². The lowest BCUT2D eigenvalue weighted by Gasteiger charge is -2.38. The highest BCUT2D eigenvalue weighted by atomic mass is 35.5. The number of benzene rings is 1. The quantitative estimate of drug-likeness (QED) is 0.582. The maximum absolute atomic E-state index is 11.6. The number of imide groups is 1. The van der Waals surface area contributed by atoms with Gasteiger partial charge in [-0.25, -0.2) is 0 Å². The first-order valence-corrected chi connectivity index (χ1v) is 5.35. The summed E-state index contributed by atoms with van der Waals surface area (Å²) in [7, 11) is 0. The van der Waals surface area contributed by atoms with Crippen molar-refractivity contribution in [2.45, 2.75) is 12.5 Å². The van der Waals surface area contributed by atoms with Crippen LogP contribution in [-0.4, -0.2) is 16.7 Å². The van der Waals surface area contributed by atoms with E-state index in [4.69, 9.17) is 11.6 Å². The summed E-state index contributed by atoms with van der Waals surface area (Å²) in [6, 6.07) is 9.34. The van der Waals surface area contributed by atoms with E-state index < -0.39 is 0 Å². The molecule has 0 saturated carbocycles. The average molecular weight is 236 g/mol. The van der Waals surface area contributed by atoms with Crippen molar-refractivity contribution in [1.82, 2.24) is 4.90 Å². The van der Waals surface area contributed by atoms with Crippen LogP contribution in [0.15, 0.2) is 41.9 Å².